The first-order valence-corrected chi connectivity index (χ1v) is 11.1. The average molecular weight is 421 g/mol. The first kappa shape index (κ1) is 19.9. The highest BCUT2D eigenvalue weighted by molar-refractivity contribution is 7.88. The van der Waals surface area contributed by atoms with Gasteiger partial charge >= 0.3 is 0 Å². The third kappa shape index (κ3) is 3.87. The number of anilines is 1. The number of rotatable bonds is 4. The van der Waals surface area contributed by atoms with E-state index in [-0.39, 0.29) is 23.9 Å². The molecular weight excluding hydrogens is 402 g/mol. The van der Waals surface area contributed by atoms with Crippen LogP contribution in [0.2, 0.25) is 0 Å². The number of para-hydroxylation sites is 1. The van der Waals surface area contributed by atoms with Crippen LogP contribution in [0.5, 0.6) is 0 Å². The maximum absolute atomic E-state index is 12.8. The summed E-state index contributed by atoms with van der Waals surface area (Å²) >= 11 is 0. The quantitative estimate of drug-likeness (QED) is 0.654. The van der Waals surface area contributed by atoms with Crippen molar-refractivity contribution in [3.05, 3.63) is 77.1 Å². The highest BCUT2D eigenvalue weighted by Gasteiger charge is 2.34. The lowest BCUT2D eigenvalue weighted by Crippen LogP contribution is -2.25. The van der Waals surface area contributed by atoms with Crippen molar-refractivity contribution in [2.75, 3.05) is 11.2 Å². The van der Waals surface area contributed by atoms with Gasteiger partial charge < -0.3 is 0 Å². The Kier molecular flexibility index (Phi) is 4.97. The maximum Gasteiger partial charge on any atom is 0.228 e. The van der Waals surface area contributed by atoms with E-state index in [1.54, 1.807) is 48.5 Å². The van der Waals surface area contributed by atoms with E-state index in [9.17, 15) is 18.0 Å². The van der Waals surface area contributed by atoms with E-state index < -0.39 is 10.0 Å². The van der Waals surface area contributed by atoms with Crippen molar-refractivity contribution >= 4 is 44.4 Å². The molecule has 0 saturated carbocycles. The zero-order valence-corrected chi connectivity index (χ0v) is 17.2. The van der Waals surface area contributed by atoms with Gasteiger partial charge in [-0.1, -0.05) is 24.3 Å². The van der Waals surface area contributed by atoms with Crippen LogP contribution in [0.4, 0.5) is 5.69 Å². The van der Waals surface area contributed by atoms with Gasteiger partial charge in [0.25, 0.3) is 0 Å². The van der Waals surface area contributed by atoms with Crippen molar-refractivity contribution in [2.24, 2.45) is 0 Å². The summed E-state index contributed by atoms with van der Waals surface area (Å²) in [5.41, 5.74) is 3.39. The molecule has 0 bridgehead atoms. The molecule has 1 aromatic heterocycles. The van der Waals surface area contributed by atoms with Crippen LogP contribution < -0.4 is 9.62 Å². The number of fused-ring (bicyclic) bond motifs is 2. The molecule has 0 unspecified atom stereocenters. The Labute approximate surface area is 174 Å². The summed E-state index contributed by atoms with van der Waals surface area (Å²) < 4.78 is 25.0. The molecule has 0 fully saturated rings. The monoisotopic (exact) mass is 421 g/mol. The minimum atomic E-state index is -3.27. The Hall–Kier alpha value is -3.36. The molecule has 7 nitrogen and oxygen atoms in total. The molecule has 0 spiro atoms. The standard InChI is InChI=1S/C22H19N3O4S/c1-14(26)25-20-6-4-3-5-18(20)22(27)21(25)12-17-9-8-16-11-15(7-10-19(16)24-17)13-23-30(2,28)29/h3-12,23H,13H2,1-2H3/b21-12-. The van der Waals surface area contributed by atoms with E-state index in [1.807, 2.05) is 12.1 Å². The largest absolute Gasteiger partial charge is 0.287 e. The number of amides is 1. The van der Waals surface area contributed by atoms with Gasteiger partial charge in [-0.3, -0.25) is 14.5 Å². The van der Waals surface area contributed by atoms with Crippen LogP contribution in [0.1, 0.15) is 28.5 Å². The molecule has 1 aliphatic rings. The number of ketones is 1. The van der Waals surface area contributed by atoms with Crippen LogP contribution in [0.25, 0.3) is 17.0 Å². The molecule has 4 rings (SSSR count). The molecule has 2 aromatic carbocycles. The zero-order valence-electron chi connectivity index (χ0n) is 16.4. The molecule has 1 aliphatic heterocycles. The van der Waals surface area contributed by atoms with Crippen molar-refractivity contribution in [1.82, 2.24) is 9.71 Å². The second kappa shape index (κ2) is 7.47. The molecular formula is C22H19N3O4S. The number of hydrogen-bond acceptors (Lipinski definition) is 5. The number of carbonyl (C=O) groups excluding carboxylic acids is 2. The second-order valence-electron chi connectivity index (χ2n) is 7.09. The molecule has 0 radical (unpaired) electrons. The Bertz CT molecular complexity index is 1330. The van der Waals surface area contributed by atoms with Gasteiger partial charge in [0.05, 0.1) is 28.9 Å². The van der Waals surface area contributed by atoms with E-state index in [1.165, 1.54) is 11.8 Å². The zero-order chi connectivity index (χ0) is 21.5. The normalized spacial score (nSPS) is 15.1. The minimum Gasteiger partial charge on any atom is -0.287 e. The predicted molar refractivity (Wildman–Crippen MR) is 115 cm³/mol. The van der Waals surface area contributed by atoms with Crippen molar-refractivity contribution in [3.8, 4) is 0 Å². The Morgan fingerprint density at radius 1 is 1.13 bits per heavy atom. The molecule has 1 amide bonds. The molecule has 0 saturated heterocycles. The van der Waals surface area contributed by atoms with Gasteiger partial charge in [0.1, 0.15) is 0 Å². The summed E-state index contributed by atoms with van der Waals surface area (Å²) in [6.07, 6.45) is 2.73. The lowest BCUT2D eigenvalue weighted by molar-refractivity contribution is -0.116. The van der Waals surface area contributed by atoms with Gasteiger partial charge in [-0.25, -0.2) is 18.1 Å². The number of nitrogens with zero attached hydrogens (tertiary/aromatic N) is 2. The Morgan fingerprint density at radius 2 is 1.90 bits per heavy atom. The first-order valence-electron chi connectivity index (χ1n) is 9.23. The number of carbonyl (C=O) groups is 2. The van der Waals surface area contributed by atoms with Crippen molar-refractivity contribution < 1.29 is 18.0 Å². The number of allylic oxidation sites excluding steroid dienone is 1. The number of benzene rings is 2. The number of aromatic nitrogens is 1. The Balaban J connectivity index is 1.69. The van der Waals surface area contributed by atoms with E-state index in [2.05, 4.69) is 9.71 Å². The van der Waals surface area contributed by atoms with Crippen LogP contribution in [0, 0.1) is 0 Å². The highest BCUT2D eigenvalue weighted by Crippen LogP contribution is 2.35. The van der Waals surface area contributed by atoms with Crippen LogP contribution in [-0.2, 0) is 21.4 Å². The summed E-state index contributed by atoms with van der Waals surface area (Å²) in [4.78, 5) is 31.0. The second-order valence-corrected chi connectivity index (χ2v) is 8.92. The van der Waals surface area contributed by atoms with Crippen molar-refractivity contribution in [1.29, 1.82) is 0 Å². The molecule has 152 valence electrons. The summed E-state index contributed by atoms with van der Waals surface area (Å²) in [7, 11) is -3.27. The fourth-order valence-corrected chi connectivity index (χ4v) is 3.86. The van der Waals surface area contributed by atoms with Gasteiger partial charge in [0, 0.05) is 24.4 Å². The number of Topliss-reactive ketones (excluding diaryl/α,β-unsaturated/α-hetero) is 1. The third-order valence-electron chi connectivity index (χ3n) is 4.78. The van der Waals surface area contributed by atoms with Crippen LogP contribution in [0.3, 0.4) is 0 Å². The van der Waals surface area contributed by atoms with E-state index in [0.29, 0.717) is 22.5 Å². The summed E-state index contributed by atoms with van der Waals surface area (Å²) in [6.45, 7) is 1.62. The van der Waals surface area contributed by atoms with Gasteiger partial charge in [-0.2, -0.15) is 0 Å². The Morgan fingerprint density at radius 3 is 2.63 bits per heavy atom. The van der Waals surface area contributed by atoms with Gasteiger partial charge in [-0.15, -0.1) is 0 Å². The third-order valence-corrected chi connectivity index (χ3v) is 5.44. The lowest BCUT2D eigenvalue weighted by atomic mass is 10.1. The van der Waals surface area contributed by atoms with Gasteiger partial charge in [0.15, 0.2) is 0 Å². The minimum absolute atomic E-state index is 0.195. The number of pyridine rings is 1. The van der Waals surface area contributed by atoms with E-state index in [4.69, 9.17) is 0 Å². The van der Waals surface area contributed by atoms with Crippen LogP contribution in [-0.4, -0.2) is 31.3 Å². The van der Waals surface area contributed by atoms with E-state index >= 15 is 0 Å². The first-order chi connectivity index (χ1) is 14.2. The molecule has 3 aromatic rings. The molecule has 0 atom stereocenters. The molecule has 30 heavy (non-hydrogen) atoms. The number of nitrogens with one attached hydrogen (secondary N) is 1. The highest BCUT2D eigenvalue weighted by atomic mass is 32.2. The summed E-state index contributed by atoms with van der Waals surface area (Å²) in [6, 6.07) is 16.1. The summed E-state index contributed by atoms with van der Waals surface area (Å²) in [5.74, 6) is -0.465. The van der Waals surface area contributed by atoms with Crippen molar-refractivity contribution in [3.63, 3.8) is 0 Å². The van der Waals surface area contributed by atoms with E-state index in [0.717, 1.165) is 17.2 Å². The molecule has 0 aliphatic carbocycles. The fourth-order valence-electron chi connectivity index (χ4n) is 3.43. The fraction of sp³-hybridized carbons (Fsp3) is 0.136. The smallest absolute Gasteiger partial charge is 0.228 e. The van der Waals surface area contributed by atoms with Gasteiger partial charge in [-0.05, 0) is 42.0 Å². The van der Waals surface area contributed by atoms with Crippen LogP contribution >= 0.6 is 0 Å². The van der Waals surface area contributed by atoms with Crippen molar-refractivity contribution in [2.45, 2.75) is 13.5 Å². The molecule has 1 N–H and O–H groups in total. The predicted octanol–water partition coefficient (Wildman–Crippen LogP) is 2.87. The number of hydrogen-bond donors (Lipinski definition) is 1. The number of sulfonamides is 1. The lowest BCUT2D eigenvalue weighted by Gasteiger charge is -2.15. The molecule has 2 heterocycles. The molecule has 8 heteroatoms. The SMILES string of the molecule is CC(=O)N1/C(=C\c2ccc3cc(CNS(C)(=O)=O)ccc3n2)C(=O)c2ccccc21. The van der Waals surface area contributed by atoms with Crippen LogP contribution in [0.15, 0.2) is 60.3 Å². The maximum atomic E-state index is 12.8. The van der Waals surface area contributed by atoms with Gasteiger partial charge in [0.2, 0.25) is 21.7 Å². The topological polar surface area (TPSA) is 96.4 Å². The average Bonchev–Trinajstić information content (AvgIpc) is 2.98. The summed E-state index contributed by atoms with van der Waals surface area (Å²) in [5, 5.41) is 0.842.